The average molecular weight is 262 g/mol. The molecule has 1 aromatic heterocycles. The molecule has 4 heteroatoms. The van der Waals surface area contributed by atoms with Crippen molar-refractivity contribution in [1.29, 1.82) is 0 Å². The average Bonchev–Trinajstić information content (AvgIpc) is 3.12. The second-order valence-electron chi connectivity index (χ2n) is 6.43. The third-order valence-electron chi connectivity index (χ3n) is 5.13. The third-order valence-corrected chi connectivity index (χ3v) is 5.13. The van der Waals surface area contributed by atoms with Crippen LogP contribution in [0.1, 0.15) is 57.1 Å². The molecule has 2 aliphatic carbocycles. The van der Waals surface area contributed by atoms with Crippen LogP contribution in [-0.2, 0) is 6.54 Å². The zero-order valence-electron chi connectivity index (χ0n) is 11.9. The number of nitrogens with one attached hydrogen (secondary N) is 1. The Bertz CT molecular complexity index is 414. The van der Waals surface area contributed by atoms with Crippen LogP contribution in [0.25, 0.3) is 0 Å². The molecule has 2 bridgehead atoms. The van der Waals surface area contributed by atoms with Gasteiger partial charge in [0.25, 0.3) is 0 Å². The molecule has 3 rings (SSSR count). The fourth-order valence-corrected chi connectivity index (χ4v) is 4.18. The van der Waals surface area contributed by atoms with Gasteiger partial charge in [-0.2, -0.15) is 5.10 Å². The summed E-state index contributed by atoms with van der Waals surface area (Å²) in [7, 11) is 0. The highest BCUT2D eigenvalue weighted by Crippen LogP contribution is 2.50. The quantitative estimate of drug-likeness (QED) is 0.612. The lowest BCUT2D eigenvalue weighted by Crippen LogP contribution is -2.30. The maximum absolute atomic E-state index is 5.78. The van der Waals surface area contributed by atoms with E-state index in [0.29, 0.717) is 0 Å². The largest absolute Gasteiger partial charge is 0.272 e. The summed E-state index contributed by atoms with van der Waals surface area (Å²) in [5, 5.41) is 4.42. The zero-order chi connectivity index (χ0) is 13.2. The summed E-state index contributed by atoms with van der Waals surface area (Å²) in [4.78, 5) is 0. The summed E-state index contributed by atoms with van der Waals surface area (Å²) >= 11 is 0. The minimum Gasteiger partial charge on any atom is -0.272 e. The number of fused-ring (bicyclic) bond motifs is 2. The van der Waals surface area contributed by atoms with Gasteiger partial charge in [0.15, 0.2) is 0 Å². The smallest absolute Gasteiger partial charge is 0.0538 e. The normalized spacial score (nSPS) is 30.9. The summed E-state index contributed by atoms with van der Waals surface area (Å²) in [5.74, 6) is 8.62. The number of hydrazine groups is 1. The van der Waals surface area contributed by atoms with Crippen LogP contribution in [0.4, 0.5) is 0 Å². The van der Waals surface area contributed by atoms with Crippen LogP contribution in [0.2, 0.25) is 0 Å². The van der Waals surface area contributed by atoms with Crippen molar-refractivity contribution >= 4 is 0 Å². The summed E-state index contributed by atoms with van der Waals surface area (Å²) in [6, 6.07) is 0.273. The zero-order valence-corrected chi connectivity index (χ0v) is 11.9. The first-order valence-corrected chi connectivity index (χ1v) is 7.78. The van der Waals surface area contributed by atoms with Crippen molar-refractivity contribution in [2.24, 2.45) is 23.6 Å². The van der Waals surface area contributed by atoms with Gasteiger partial charge in [0.2, 0.25) is 0 Å². The molecule has 106 valence electrons. The molecule has 0 amide bonds. The molecule has 0 radical (unpaired) electrons. The Hall–Kier alpha value is -0.870. The van der Waals surface area contributed by atoms with Crippen molar-refractivity contribution in [2.45, 2.75) is 58.0 Å². The lowest BCUT2D eigenvalue weighted by Gasteiger charge is -2.25. The Labute approximate surface area is 115 Å². The van der Waals surface area contributed by atoms with Gasteiger partial charge in [0.1, 0.15) is 0 Å². The molecule has 3 N–H and O–H groups in total. The van der Waals surface area contributed by atoms with Gasteiger partial charge in [-0.15, -0.1) is 0 Å². The lowest BCUT2D eigenvalue weighted by atomic mass is 9.83. The van der Waals surface area contributed by atoms with Crippen molar-refractivity contribution in [1.82, 2.24) is 15.2 Å². The Morgan fingerprint density at radius 2 is 2.37 bits per heavy atom. The van der Waals surface area contributed by atoms with Crippen LogP contribution >= 0.6 is 0 Å². The van der Waals surface area contributed by atoms with Crippen LogP contribution in [0.3, 0.4) is 0 Å². The predicted octanol–water partition coefficient (Wildman–Crippen LogP) is 2.62. The molecule has 2 aliphatic rings. The van der Waals surface area contributed by atoms with Gasteiger partial charge in [-0.1, -0.05) is 13.3 Å². The van der Waals surface area contributed by atoms with E-state index in [-0.39, 0.29) is 6.04 Å². The van der Waals surface area contributed by atoms with E-state index in [1.807, 2.05) is 10.9 Å². The summed E-state index contributed by atoms with van der Waals surface area (Å²) in [6.07, 6.45) is 12.2. The maximum Gasteiger partial charge on any atom is 0.0538 e. The standard InChI is InChI=1S/C15H26N4/c1-2-5-19-10-14(9-17-19)15(18-16)8-13-7-11-3-4-12(13)6-11/h9-13,15,18H,2-8,16H2,1H3. The molecule has 4 unspecified atom stereocenters. The second-order valence-corrected chi connectivity index (χ2v) is 6.43. The molecule has 0 aliphatic heterocycles. The first-order valence-electron chi connectivity index (χ1n) is 7.78. The Morgan fingerprint density at radius 1 is 1.47 bits per heavy atom. The number of aromatic nitrogens is 2. The van der Waals surface area contributed by atoms with Crippen LogP contribution in [0, 0.1) is 17.8 Å². The number of nitrogens with zero attached hydrogens (tertiary/aromatic N) is 2. The molecule has 1 heterocycles. The first-order chi connectivity index (χ1) is 9.30. The highest BCUT2D eigenvalue weighted by atomic mass is 15.3. The van der Waals surface area contributed by atoms with Crippen molar-refractivity contribution in [3.05, 3.63) is 18.0 Å². The van der Waals surface area contributed by atoms with Gasteiger partial charge in [0, 0.05) is 24.3 Å². The fraction of sp³-hybridized carbons (Fsp3) is 0.800. The molecule has 1 aromatic rings. The number of nitrogens with two attached hydrogens (primary N) is 1. The van der Waals surface area contributed by atoms with E-state index in [1.54, 1.807) is 0 Å². The predicted molar refractivity (Wildman–Crippen MR) is 76.1 cm³/mol. The molecule has 4 atom stereocenters. The molecular formula is C15H26N4. The molecule has 4 nitrogen and oxygen atoms in total. The SMILES string of the molecule is CCCn1cc(C(CC2CC3CCC2C3)NN)cn1. The highest BCUT2D eigenvalue weighted by Gasteiger charge is 2.40. The highest BCUT2D eigenvalue weighted by molar-refractivity contribution is 5.11. The fourth-order valence-electron chi connectivity index (χ4n) is 4.18. The first kappa shape index (κ1) is 13.1. The molecule has 19 heavy (non-hydrogen) atoms. The molecule has 0 aromatic carbocycles. The number of aryl methyl sites for hydroxylation is 1. The monoisotopic (exact) mass is 262 g/mol. The molecule has 2 fully saturated rings. The number of hydrogen-bond donors (Lipinski definition) is 2. The van der Waals surface area contributed by atoms with Crippen LogP contribution in [-0.4, -0.2) is 9.78 Å². The van der Waals surface area contributed by atoms with E-state index in [4.69, 9.17) is 5.84 Å². The van der Waals surface area contributed by atoms with E-state index in [1.165, 1.54) is 37.7 Å². The van der Waals surface area contributed by atoms with Crippen LogP contribution in [0.15, 0.2) is 12.4 Å². The van der Waals surface area contributed by atoms with Gasteiger partial charge < -0.3 is 0 Å². The van der Waals surface area contributed by atoms with E-state index in [9.17, 15) is 0 Å². The van der Waals surface area contributed by atoms with E-state index in [0.717, 1.165) is 30.7 Å². The van der Waals surface area contributed by atoms with Crippen molar-refractivity contribution in [3.8, 4) is 0 Å². The van der Waals surface area contributed by atoms with Crippen molar-refractivity contribution < 1.29 is 0 Å². The van der Waals surface area contributed by atoms with E-state index >= 15 is 0 Å². The Morgan fingerprint density at radius 3 is 3.00 bits per heavy atom. The molecule has 2 saturated carbocycles. The van der Waals surface area contributed by atoms with E-state index in [2.05, 4.69) is 23.6 Å². The van der Waals surface area contributed by atoms with Gasteiger partial charge in [-0.3, -0.25) is 16.0 Å². The minimum atomic E-state index is 0.273. The molecule has 0 spiro atoms. The summed E-state index contributed by atoms with van der Waals surface area (Å²) < 4.78 is 2.03. The van der Waals surface area contributed by atoms with Gasteiger partial charge in [-0.25, -0.2) is 0 Å². The number of rotatable bonds is 6. The molecular weight excluding hydrogens is 236 g/mol. The van der Waals surface area contributed by atoms with Crippen molar-refractivity contribution in [2.75, 3.05) is 0 Å². The van der Waals surface area contributed by atoms with Gasteiger partial charge >= 0.3 is 0 Å². The number of hydrogen-bond acceptors (Lipinski definition) is 3. The lowest BCUT2D eigenvalue weighted by molar-refractivity contribution is 0.280. The maximum atomic E-state index is 5.78. The third kappa shape index (κ3) is 2.70. The Kier molecular flexibility index (Phi) is 3.89. The van der Waals surface area contributed by atoms with Crippen LogP contribution in [0.5, 0.6) is 0 Å². The van der Waals surface area contributed by atoms with Crippen molar-refractivity contribution in [3.63, 3.8) is 0 Å². The summed E-state index contributed by atoms with van der Waals surface area (Å²) in [5.41, 5.74) is 4.26. The van der Waals surface area contributed by atoms with Crippen LogP contribution < -0.4 is 11.3 Å². The topological polar surface area (TPSA) is 55.9 Å². The Balaban J connectivity index is 1.63. The second kappa shape index (κ2) is 5.63. The summed E-state index contributed by atoms with van der Waals surface area (Å²) in [6.45, 7) is 3.17. The van der Waals surface area contributed by atoms with Gasteiger partial charge in [0.05, 0.1) is 6.20 Å². The van der Waals surface area contributed by atoms with E-state index < -0.39 is 0 Å². The van der Waals surface area contributed by atoms with Gasteiger partial charge in [-0.05, 0) is 49.9 Å². The minimum absolute atomic E-state index is 0.273. The molecule has 0 saturated heterocycles.